The van der Waals surface area contributed by atoms with Crippen LogP contribution in [0.3, 0.4) is 0 Å². The molecule has 2 aromatic heterocycles. The minimum Gasteiger partial charge on any atom is -0.365 e. The number of carbonyl (C=O) groups excluding carboxylic acids is 2. The molecule has 2 heterocycles. The second-order valence-electron chi connectivity index (χ2n) is 6.99. The van der Waals surface area contributed by atoms with E-state index in [-0.39, 0.29) is 11.7 Å². The molecular weight excluding hydrogens is 406 g/mol. The number of aryl methyl sites for hydroxylation is 2. The quantitative estimate of drug-likeness (QED) is 0.588. The molecule has 0 spiro atoms. The van der Waals surface area contributed by atoms with E-state index >= 15 is 0 Å². The molecule has 0 saturated carbocycles. The summed E-state index contributed by atoms with van der Waals surface area (Å²) < 4.78 is 1.87. The number of aromatic nitrogens is 3. The number of benzene rings is 1. The van der Waals surface area contributed by atoms with Gasteiger partial charge in [0.25, 0.3) is 5.91 Å². The predicted octanol–water partition coefficient (Wildman–Crippen LogP) is 3.17. The summed E-state index contributed by atoms with van der Waals surface area (Å²) in [7, 11) is 1.88. The van der Waals surface area contributed by atoms with Gasteiger partial charge in [-0.3, -0.25) is 9.59 Å². The lowest BCUT2D eigenvalue weighted by molar-refractivity contribution is -0.113. The van der Waals surface area contributed by atoms with Gasteiger partial charge in [0.1, 0.15) is 5.00 Å². The van der Waals surface area contributed by atoms with Crippen LogP contribution >= 0.6 is 23.1 Å². The first-order chi connectivity index (χ1) is 13.9. The summed E-state index contributed by atoms with van der Waals surface area (Å²) in [5, 5.41) is 12.5. The van der Waals surface area contributed by atoms with Crippen LogP contribution in [0.2, 0.25) is 0 Å². The monoisotopic (exact) mass is 427 g/mol. The molecule has 0 atom stereocenters. The fraction of sp³-hybridized carbons (Fsp3) is 0.300. The van der Waals surface area contributed by atoms with Crippen molar-refractivity contribution in [2.75, 3.05) is 11.1 Å². The Balaban J connectivity index is 1.43. The summed E-state index contributed by atoms with van der Waals surface area (Å²) in [5.74, 6) is 0.236. The molecule has 4 rings (SSSR count). The van der Waals surface area contributed by atoms with Gasteiger partial charge < -0.3 is 15.6 Å². The van der Waals surface area contributed by atoms with Crippen LogP contribution in [0.1, 0.15) is 32.8 Å². The van der Waals surface area contributed by atoms with Crippen molar-refractivity contribution in [2.24, 2.45) is 12.8 Å². The minimum atomic E-state index is -0.483. The van der Waals surface area contributed by atoms with Gasteiger partial charge in [-0.25, -0.2) is 0 Å². The van der Waals surface area contributed by atoms with Gasteiger partial charge in [0.2, 0.25) is 5.91 Å². The minimum absolute atomic E-state index is 0.167. The van der Waals surface area contributed by atoms with Crippen LogP contribution in [0.5, 0.6) is 0 Å². The van der Waals surface area contributed by atoms with Crippen molar-refractivity contribution < 1.29 is 9.59 Å². The Bertz CT molecular complexity index is 1090. The Morgan fingerprint density at radius 1 is 1.24 bits per heavy atom. The number of hydrogen-bond acceptors (Lipinski definition) is 6. The number of nitrogens with zero attached hydrogens (tertiary/aromatic N) is 3. The van der Waals surface area contributed by atoms with Crippen molar-refractivity contribution in [1.82, 2.24) is 14.8 Å². The van der Waals surface area contributed by atoms with Crippen LogP contribution in [-0.2, 0) is 24.7 Å². The molecule has 3 N–H and O–H groups in total. The van der Waals surface area contributed by atoms with Crippen molar-refractivity contribution in [3.63, 3.8) is 0 Å². The predicted molar refractivity (Wildman–Crippen MR) is 115 cm³/mol. The van der Waals surface area contributed by atoms with Crippen LogP contribution in [0.25, 0.3) is 11.4 Å². The number of fused-ring (bicyclic) bond motifs is 1. The fourth-order valence-electron chi connectivity index (χ4n) is 3.44. The zero-order valence-corrected chi connectivity index (χ0v) is 17.8. The van der Waals surface area contributed by atoms with Crippen LogP contribution < -0.4 is 11.1 Å². The molecule has 1 aliphatic rings. The molecule has 0 saturated heterocycles. The summed E-state index contributed by atoms with van der Waals surface area (Å²) in [6.45, 7) is 2.03. The van der Waals surface area contributed by atoms with Gasteiger partial charge in [0, 0.05) is 17.5 Å². The Hall–Kier alpha value is -2.65. The van der Waals surface area contributed by atoms with E-state index in [2.05, 4.69) is 15.5 Å². The topological polar surface area (TPSA) is 103 Å². The van der Waals surface area contributed by atoms with E-state index in [0.29, 0.717) is 15.7 Å². The molecule has 0 bridgehead atoms. The van der Waals surface area contributed by atoms with Crippen molar-refractivity contribution in [2.45, 2.75) is 31.3 Å². The number of thiophene rings is 1. The maximum Gasteiger partial charge on any atom is 0.251 e. The molecule has 150 valence electrons. The number of nitrogens with one attached hydrogen (secondary N) is 1. The summed E-state index contributed by atoms with van der Waals surface area (Å²) in [6.07, 6.45) is 2.81. The van der Waals surface area contributed by atoms with Crippen LogP contribution in [0, 0.1) is 6.92 Å². The molecule has 29 heavy (non-hydrogen) atoms. The Morgan fingerprint density at radius 2 is 2.00 bits per heavy atom. The highest BCUT2D eigenvalue weighted by molar-refractivity contribution is 7.99. The third-order valence-electron chi connectivity index (χ3n) is 4.90. The summed E-state index contributed by atoms with van der Waals surface area (Å²) in [5.41, 5.74) is 9.18. The van der Waals surface area contributed by atoms with Crippen molar-refractivity contribution >= 4 is 39.9 Å². The summed E-state index contributed by atoms with van der Waals surface area (Å²) >= 11 is 2.76. The highest BCUT2D eigenvalue weighted by Crippen LogP contribution is 2.39. The smallest absolute Gasteiger partial charge is 0.251 e. The lowest BCUT2D eigenvalue weighted by Crippen LogP contribution is -2.19. The molecule has 1 aromatic carbocycles. The molecular formula is C20H21N5O2S2. The van der Waals surface area contributed by atoms with Crippen LogP contribution in [0.15, 0.2) is 29.4 Å². The molecule has 3 aromatic rings. The number of anilines is 1. The highest BCUT2D eigenvalue weighted by Gasteiger charge is 2.26. The standard InChI is InChI=1S/C20H21N5O2S2/c1-11-6-8-12(9-7-11)18-23-24-20(25(18)2)28-10-15(26)22-19-16(17(21)27)13-4-3-5-14(13)29-19/h6-9H,3-5,10H2,1-2H3,(H2,21,27)(H,22,26). The first-order valence-electron chi connectivity index (χ1n) is 9.27. The van der Waals surface area contributed by atoms with Gasteiger partial charge in [-0.1, -0.05) is 41.6 Å². The van der Waals surface area contributed by atoms with Crippen LogP contribution in [0.4, 0.5) is 5.00 Å². The highest BCUT2D eigenvalue weighted by atomic mass is 32.2. The summed E-state index contributed by atoms with van der Waals surface area (Å²) in [4.78, 5) is 25.5. The lowest BCUT2D eigenvalue weighted by atomic mass is 10.1. The number of carbonyl (C=O) groups is 2. The summed E-state index contributed by atoms with van der Waals surface area (Å²) in [6, 6.07) is 8.06. The van der Waals surface area contributed by atoms with E-state index < -0.39 is 5.91 Å². The maximum absolute atomic E-state index is 12.5. The average molecular weight is 428 g/mol. The SMILES string of the molecule is Cc1ccc(-c2nnc(SCC(=O)Nc3sc4c(c3C(N)=O)CCC4)n2C)cc1. The van der Waals surface area contributed by atoms with E-state index in [1.54, 1.807) is 0 Å². The van der Waals surface area contributed by atoms with Gasteiger partial charge in [-0.15, -0.1) is 21.5 Å². The van der Waals surface area contributed by atoms with Gasteiger partial charge in [-0.2, -0.15) is 0 Å². The fourth-order valence-corrected chi connectivity index (χ4v) is 5.46. The number of hydrogen-bond donors (Lipinski definition) is 2. The second-order valence-corrected chi connectivity index (χ2v) is 9.04. The number of nitrogens with two attached hydrogens (primary N) is 1. The first-order valence-corrected chi connectivity index (χ1v) is 11.1. The lowest BCUT2D eigenvalue weighted by Gasteiger charge is -2.06. The zero-order valence-electron chi connectivity index (χ0n) is 16.2. The second kappa shape index (κ2) is 8.00. The van der Waals surface area contributed by atoms with E-state index in [1.165, 1.54) is 28.7 Å². The molecule has 0 aliphatic heterocycles. The Labute approximate surface area is 176 Å². The third kappa shape index (κ3) is 3.92. The normalized spacial score (nSPS) is 12.8. The molecule has 9 heteroatoms. The number of primary amides is 1. The Kier molecular flexibility index (Phi) is 5.42. The molecule has 0 radical (unpaired) electrons. The maximum atomic E-state index is 12.5. The van der Waals surface area contributed by atoms with E-state index in [0.717, 1.165) is 41.1 Å². The van der Waals surface area contributed by atoms with E-state index in [1.807, 2.05) is 42.8 Å². The number of rotatable bonds is 6. The van der Waals surface area contributed by atoms with Crippen molar-refractivity contribution in [3.05, 3.63) is 45.8 Å². The van der Waals surface area contributed by atoms with Crippen molar-refractivity contribution in [3.8, 4) is 11.4 Å². The molecule has 0 fully saturated rings. The molecule has 7 nitrogen and oxygen atoms in total. The van der Waals surface area contributed by atoms with Gasteiger partial charge >= 0.3 is 0 Å². The number of amides is 2. The molecule has 1 aliphatic carbocycles. The van der Waals surface area contributed by atoms with Gasteiger partial charge in [-0.05, 0) is 31.7 Å². The first kappa shape index (κ1) is 19.7. The number of thioether (sulfide) groups is 1. The van der Waals surface area contributed by atoms with E-state index in [9.17, 15) is 9.59 Å². The van der Waals surface area contributed by atoms with Crippen LogP contribution in [-0.4, -0.2) is 32.3 Å². The van der Waals surface area contributed by atoms with Gasteiger partial charge in [0.05, 0.1) is 11.3 Å². The van der Waals surface area contributed by atoms with Gasteiger partial charge in [0.15, 0.2) is 11.0 Å². The zero-order chi connectivity index (χ0) is 20.5. The third-order valence-corrected chi connectivity index (χ3v) is 7.13. The molecule has 0 unspecified atom stereocenters. The molecule has 2 amide bonds. The Morgan fingerprint density at radius 3 is 2.72 bits per heavy atom. The van der Waals surface area contributed by atoms with E-state index in [4.69, 9.17) is 5.73 Å². The van der Waals surface area contributed by atoms with Crippen molar-refractivity contribution in [1.29, 1.82) is 0 Å². The largest absolute Gasteiger partial charge is 0.365 e. The average Bonchev–Trinajstić information content (AvgIpc) is 3.35.